The first-order chi connectivity index (χ1) is 14.2. The van der Waals surface area contributed by atoms with E-state index in [1.165, 1.54) is 29.1 Å². The lowest BCUT2D eigenvalue weighted by molar-refractivity contribution is 0.0272. The molecule has 30 heavy (non-hydrogen) atoms. The van der Waals surface area contributed by atoms with Gasteiger partial charge in [0.2, 0.25) is 0 Å². The Morgan fingerprint density at radius 2 is 1.90 bits per heavy atom. The number of nitrogens with zero attached hydrogens (tertiary/aromatic N) is 2. The van der Waals surface area contributed by atoms with E-state index in [0.717, 1.165) is 5.56 Å². The number of hydrogen-bond acceptors (Lipinski definition) is 5. The smallest absolute Gasteiger partial charge is 0.317 e. The molecule has 0 saturated carbocycles. The summed E-state index contributed by atoms with van der Waals surface area (Å²) in [6.45, 7) is 3.31. The summed E-state index contributed by atoms with van der Waals surface area (Å²) in [7, 11) is 0. The third kappa shape index (κ3) is 5.81. The van der Waals surface area contributed by atoms with E-state index in [4.69, 9.17) is 21.1 Å². The maximum atomic E-state index is 14.4. The number of rotatable bonds is 8. The zero-order valence-corrected chi connectivity index (χ0v) is 17.4. The monoisotopic (exact) mass is 432 g/mol. The molecule has 3 rings (SSSR count). The van der Waals surface area contributed by atoms with Crippen LogP contribution < -0.4 is 15.0 Å². The highest BCUT2D eigenvalue weighted by Gasteiger charge is 2.16. The van der Waals surface area contributed by atoms with E-state index in [-0.39, 0.29) is 24.8 Å². The van der Waals surface area contributed by atoms with Crippen LogP contribution in [0.25, 0.3) is 5.69 Å². The predicted octanol–water partition coefficient (Wildman–Crippen LogP) is 3.80. The molecule has 3 aromatic rings. The molecule has 2 aromatic carbocycles. The van der Waals surface area contributed by atoms with Crippen molar-refractivity contribution in [3.8, 4) is 17.3 Å². The van der Waals surface area contributed by atoms with Crippen LogP contribution in [-0.2, 0) is 6.42 Å². The van der Waals surface area contributed by atoms with Crippen LogP contribution in [-0.4, -0.2) is 33.5 Å². The highest BCUT2D eigenvalue weighted by molar-refractivity contribution is 6.30. The molecule has 0 unspecified atom stereocenters. The average Bonchev–Trinajstić information content (AvgIpc) is 2.69. The van der Waals surface area contributed by atoms with Crippen LogP contribution in [0, 0.1) is 5.82 Å². The van der Waals surface area contributed by atoms with Crippen molar-refractivity contribution in [1.29, 1.82) is 0 Å². The van der Waals surface area contributed by atoms with Crippen molar-refractivity contribution in [3.05, 3.63) is 81.6 Å². The molecule has 0 atom stereocenters. The van der Waals surface area contributed by atoms with Crippen LogP contribution in [0.2, 0.25) is 5.02 Å². The minimum atomic E-state index is -1.09. The molecular formula is C22H22ClFN2O4. The number of aromatic nitrogens is 2. The number of aliphatic hydroxyl groups is 1. The molecule has 1 N–H and O–H groups in total. The molecular weight excluding hydrogens is 411 g/mol. The Morgan fingerprint density at radius 3 is 2.57 bits per heavy atom. The molecule has 0 saturated heterocycles. The Balaban J connectivity index is 1.71. The van der Waals surface area contributed by atoms with Crippen molar-refractivity contribution >= 4 is 11.6 Å². The van der Waals surface area contributed by atoms with Gasteiger partial charge in [0.1, 0.15) is 6.61 Å². The first-order valence-corrected chi connectivity index (χ1v) is 9.71. The van der Waals surface area contributed by atoms with E-state index in [9.17, 15) is 14.3 Å². The summed E-state index contributed by atoms with van der Waals surface area (Å²) in [5.41, 5.74) is -0.276. The Labute approximate surface area is 178 Å². The fraction of sp³-hybridized carbons (Fsp3) is 0.273. The summed E-state index contributed by atoms with van der Waals surface area (Å²) >= 11 is 5.87. The van der Waals surface area contributed by atoms with Crippen LogP contribution >= 0.6 is 11.6 Å². The summed E-state index contributed by atoms with van der Waals surface area (Å²) in [6, 6.07) is 11.5. The molecule has 0 spiro atoms. The number of hydrogen-bond donors (Lipinski definition) is 1. The number of benzene rings is 2. The summed E-state index contributed by atoms with van der Waals surface area (Å²) in [6.07, 6.45) is 3.42. The first kappa shape index (κ1) is 21.8. The predicted molar refractivity (Wildman–Crippen MR) is 112 cm³/mol. The fourth-order valence-corrected chi connectivity index (χ4v) is 2.75. The van der Waals surface area contributed by atoms with Gasteiger partial charge in [0, 0.05) is 29.9 Å². The van der Waals surface area contributed by atoms with Crippen molar-refractivity contribution < 1.29 is 19.0 Å². The summed E-state index contributed by atoms with van der Waals surface area (Å²) in [4.78, 5) is 16.7. The van der Waals surface area contributed by atoms with Crippen molar-refractivity contribution in [2.45, 2.75) is 25.9 Å². The zero-order valence-electron chi connectivity index (χ0n) is 16.6. The van der Waals surface area contributed by atoms with Gasteiger partial charge in [-0.15, -0.1) is 0 Å². The van der Waals surface area contributed by atoms with E-state index in [1.807, 2.05) is 12.1 Å². The first-order valence-electron chi connectivity index (χ1n) is 9.33. The average molecular weight is 433 g/mol. The minimum Gasteiger partial charge on any atom is -0.488 e. The van der Waals surface area contributed by atoms with E-state index >= 15 is 0 Å². The molecule has 1 heterocycles. The van der Waals surface area contributed by atoms with Crippen LogP contribution in [0.1, 0.15) is 19.4 Å². The lowest BCUT2D eigenvalue weighted by Gasteiger charge is -2.18. The van der Waals surface area contributed by atoms with Crippen molar-refractivity contribution in [2.75, 3.05) is 13.2 Å². The van der Waals surface area contributed by atoms with Gasteiger partial charge in [-0.25, -0.2) is 9.37 Å². The molecule has 0 fully saturated rings. The molecule has 0 aliphatic heterocycles. The Kier molecular flexibility index (Phi) is 6.74. The van der Waals surface area contributed by atoms with Gasteiger partial charge in [-0.2, -0.15) is 0 Å². The van der Waals surface area contributed by atoms with Crippen LogP contribution in [0.3, 0.4) is 0 Å². The topological polar surface area (TPSA) is 73.6 Å². The van der Waals surface area contributed by atoms with Gasteiger partial charge in [0.25, 0.3) is 5.88 Å². The molecule has 1 aromatic heterocycles. The molecule has 0 aliphatic rings. The second kappa shape index (κ2) is 9.28. The number of ether oxygens (including phenoxy) is 2. The SMILES string of the molecule is CC(C)(O)COc1ccc(-n2ccnc(OCCc3ccc(Cl)cc3)c2=O)cc1F. The van der Waals surface area contributed by atoms with Gasteiger partial charge < -0.3 is 14.6 Å². The lowest BCUT2D eigenvalue weighted by Crippen LogP contribution is -2.28. The Bertz CT molecular complexity index is 1060. The van der Waals surface area contributed by atoms with Crippen molar-refractivity contribution in [1.82, 2.24) is 9.55 Å². The third-order valence-corrected chi connectivity index (χ3v) is 4.38. The zero-order chi connectivity index (χ0) is 21.7. The summed E-state index contributed by atoms with van der Waals surface area (Å²) in [5, 5.41) is 10.4. The second-order valence-electron chi connectivity index (χ2n) is 7.35. The standard InChI is InChI=1S/C22H22ClFN2O4/c1-22(2,28)14-30-19-8-7-17(13-18(19)24)26-11-10-25-20(21(26)27)29-12-9-15-3-5-16(23)6-4-15/h3-8,10-11,13,28H,9,12,14H2,1-2H3. The van der Waals surface area contributed by atoms with Crippen molar-refractivity contribution in [3.63, 3.8) is 0 Å². The van der Waals surface area contributed by atoms with Gasteiger partial charge in [-0.05, 0) is 43.7 Å². The summed E-state index contributed by atoms with van der Waals surface area (Å²) < 4.78 is 26.5. The van der Waals surface area contributed by atoms with E-state index in [1.54, 1.807) is 32.0 Å². The lowest BCUT2D eigenvalue weighted by atomic mass is 10.2. The van der Waals surface area contributed by atoms with Crippen LogP contribution in [0.5, 0.6) is 11.6 Å². The maximum Gasteiger partial charge on any atom is 0.317 e. The molecule has 8 heteroatoms. The molecule has 0 aliphatic carbocycles. The quantitative estimate of drug-likeness (QED) is 0.586. The maximum absolute atomic E-state index is 14.4. The van der Waals surface area contributed by atoms with Gasteiger partial charge in [0.15, 0.2) is 11.6 Å². The Hall–Kier alpha value is -2.90. The van der Waals surface area contributed by atoms with Gasteiger partial charge >= 0.3 is 5.56 Å². The number of halogens is 2. The molecule has 0 bridgehead atoms. The van der Waals surface area contributed by atoms with Crippen molar-refractivity contribution in [2.24, 2.45) is 0 Å². The minimum absolute atomic E-state index is 0.0116. The van der Waals surface area contributed by atoms with Crippen LogP contribution in [0.4, 0.5) is 4.39 Å². The van der Waals surface area contributed by atoms with E-state index in [2.05, 4.69) is 4.98 Å². The summed E-state index contributed by atoms with van der Waals surface area (Å²) in [5.74, 6) is -0.734. The molecule has 0 radical (unpaired) electrons. The fourth-order valence-electron chi connectivity index (χ4n) is 2.62. The van der Waals surface area contributed by atoms with Crippen LogP contribution in [0.15, 0.2) is 59.7 Å². The third-order valence-electron chi connectivity index (χ3n) is 4.13. The van der Waals surface area contributed by atoms with Gasteiger partial charge in [-0.1, -0.05) is 23.7 Å². The Morgan fingerprint density at radius 1 is 1.17 bits per heavy atom. The van der Waals surface area contributed by atoms with Gasteiger partial charge in [0.05, 0.1) is 17.9 Å². The van der Waals surface area contributed by atoms with E-state index in [0.29, 0.717) is 17.1 Å². The highest BCUT2D eigenvalue weighted by Crippen LogP contribution is 2.21. The molecule has 6 nitrogen and oxygen atoms in total. The molecule has 0 amide bonds. The highest BCUT2D eigenvalue weighted by atomic mass is 35.5. The normalized spacial score (nSPS) is 11.4. The molecule has 158 valence electrons. The second-order valence-corrected chi connectivity index (χ2v) is 7.78. The largest absolute Gasteiger partial charge is 0.488 e. The van der Waals surface area contributed by atoms with Gasteiger partial charge in [-0.3, -0.25) is 9.36 Å². The van der Waals surface area contributed by atoms with E-state index < -0.39 is 17.0 Å².